The number of anilines is 1. The molecule has 1 aromatic carbocycles. The summed E-state index contributed by atoms with van der Waals surface area (Å²) in [6.07, 6.45) is 10.6. The number of carbonyl (C=O) groups is 1. The highest BCUT2D eigenvalue weighted by atomic mass is 19.1. The third kappa shape index (κ3) is 4.16. The molecule has 0 unspecified atom stereocenters. The van der Waals surface area contributed by atoms with Crippen LogP contribution in [0.25, 0.3) is 11.3 Å². The number of amides is 2. The Morgan fingerprint density at radius 1 is 1.14 bits per heavy atom. The average Bonchev–Trinajstić information content (AvgIpc) is 3.21. The van der Waals surface area contributed by atoms with Crippen LogP contribution in [0.2, 0.25) is 0 Å². The average molecular weight is 380 g/mol. The Hall–Kier alpha value is -3.29. The summed E-state index contributed by atoms with van der Waals surface area (Å²) in [5, 5.41) is 9.98. The molecule has 2 amide bonds. The predicted molar refractivity (Wildman–Crippen MR) is 103 cm³/mol. The first kappa shape index (κ1) is 18.1. The molecule has 2 heterocycles. The monoisotopic (exact) mass is 380 g/mol. The van der Waals surface area contributed by atoms with Gasteiger partial charge in [0.2, 0.25) is 0 Å². The van der Waals surface area contributed by atoms with Crippen molar-refractivity contribution in [3.63, 3.8) is 0 Å². The van der Waals surface area contributed by atoms with E-state index in [2.05, 4.69) is 25.7 Å². The highest BCUT2D eigenvalue weighted by Crippen LogP contribution is 2.29. The lowest BCUT2D eigenvalue weighted by molar-refractivity contribution is 0.235. The Labute approximate surface area is 162 Å². The Kier molecular flexibility index (Phi) is 5.27. The van der Waals surface area contributed by atoms with Crippen LogP contribution in [0.4, 0.5) is 14.9 Å². The molecule has 0 spiro atoms. The number of urea groups is 1. The lowest BCUT2D eigenvalue weighted by atomic mass is 9.91. The van der Waals surface area contributed by atoms with E-state index in [1.54, 1.807) is 24.4 Å². The van der Waals surface area contributed by atoms with Crippen molar-refractivity contribution in [1.82, 2.24) is 25.1 Å². The summed E-state index contributed by atoms with van der Waals surface area (Å²) in [5.74, 6) is -0.445. The van der Waals surface area contributed by atoms with Crippen LogP contribution < -0.4 is 10.6 Å². The van der Waals surface area contributed by atoms with Gasteiger partial charge in [-0.15, -0.1) is 0 Å². The van der Waals surface area contributed by atoms with E-state index in [1.165, 1.54) is 12.4 Å². The van der Waals surface area contributed by atoms with Crippen molar-refractivity contribution >= 4 is 11.7 Å². The highest BCUT2D eigenvalue weighted by Gasteiger charge is 2.24. The van der Waals surface area contributed by atoms with Crippen LogP contribution in [0, 0.1) is 5.82 Å². The van der Waals surface area contributed by atoms with Gasteiger partial charge in [-0.2, -0.15) is 5.10 Å². The number of nitrogens with zero attached hydrogens (tertiary/aromatic N) is 4. The fourth-order valence-electron chi connectivity index (χ4n) is 3.52. The first-order valence-corrected chi connectivity index (χ1v) is 9.31. The van der Waals surface area contributed by atoms with Crippen LogP contribution in [0.3, 0.4) is 0 Å². The van der Waals surface area contributed by atoms with Gasteiger partial charge in [-0.05, 0) is 43.9 Å². The third-order valence-electron chi connectivity index (χ3n) is 5.01. The molecule has 0 atom stereocenters. The standard InChI is InChI=1S/C20H21FN6O/c21-17-3-1-2-4-19(17)26-20(28)25-15-5-7-16(8-6-15)27-12-14(11-24-27)18-9-10-22-13-23-18/h1-4,9-13,15-16H,5-8H2,(H2,25,26,28). The number of hydrogen-bond donors (Lipinski definition) is 2. The molecule has 0 saturated heterocycles. The van der Waals surface area contributed by atoms with Gasteiger partial charge in [-0.3, -0.25) is 4.68 Å². The summed E-state index contributed by atoms with van der Waals surface area (Å²) < 4.78 is 15.6. The Morgan fingerprint density at radius 3 is 2.71 bits per heavy atom. The molecular formula is C20H21FN6O. The van der Waals surface area contributed by atoms with Crippen LogP contribution in [-0.2, 0) is 0 Å². The molecule has 144 valence electrons. The first-order chi connectivity index (χ1) is 13.7. The number of halogens is 1. The van der Waals surface area contributed by atoms with E-state index in [-0.39, 0.29) is 17.8 Å². The number of carbonyl (C=O) groups excluding carboxylic acids is 1. The second-order valence-electron chi connectivity index (χ2n) is 6.89. The number of hydrogen-bond acceptors (Lipinski definition) is 4. The van der Waals surface area contributed by atoms with Gasteiger partial charge in [0, 0.05) is 24.0 Å². The zero-order chi connectivity index (χ0) is 19.3. The van der Waals surface area contributed by atoms with Gasteiger partial charge < -0.3 is 10.6 Å². The van der Waals surface area contributed by atoms with Crippen molar-refractivity contribution in [2.75, 3.05) is 5.32 Å². The van der Waals surface area contributed by atoms with Gasteiger partial charge in [0.25, 0.3) is 0 Å². The van der Waals surface area contributed by atoms with E-state index in [9.17, 15) is 9.18 Å². The minimum Gasteiger partial charge on any atom is -0.335 e. The molecule has 8 heteroatoms. The van der Waals surface area contributed by atoms with Crippen molar-refractivity contribution in [3.8, 4) is 11.3 Å². The molecule has 0 radical (unpaired) electrons. The normalized spacial score (nSPS) is 19.2. The van der Waals surface area contributed by atoms with Gasteiger partial charge in [0.05, 0.1) is 23.6 Å². The van der Waals surface area contributed by atoms with Gasteiger partial charge >= 0.3 is 6.03 Å². The summed E-state index contributed by atoms with van der Waals surface area (Å²) in [4.78, 5) is 20.3. The number of nitrogens with one attached hydrogen (secondary N) is 2. The Balaban J connectivity index is 1.30. The second-order valence-corrected chi connectivity index (χ2v) is 6.89. The van der Waals surface area contributed by atoms with Gasteiger partial charge in [-0.1, -0.05) is 12.1 Å². The summed E-state index contributed by atoms with van der Waals surface area (Å²) in [6.45, 7) is 0. The van der Waals surface area contributed by atoms with E-state index in [1.807, 2.05) is 23.1 Å². The Morgan fingerprint density at radius 2 is 1.96 bits per heavy atom. The first-order valence-electron chi connectivity index (χ1n) is 9.31. The second kappa shape index (κ2) is 8.16. The van der Waals surface area contributed by atoms with Gasteiger partial charge in [0.15, 0.2) is 0 Å². The van der Waals surface area contributed by atoms with Crippen molar-refractivity contribution in [1.29, 1.82) is 0 Å². The van der Waals surface area contributed by atoms with E-state index in [0.29, 0.717) is 6.04 Å². The van der Waals surface area contributed by atoms with Gasteiger partial charge in [-0.25, -0.2) is 19.2 Å². The van der Waals surface area contributed by atoms with Crippen molar-refractivity contribution in [3.05, 3.63) is 61.1 Å². The maximum atomic E-state index is 13.6. The fourth-order valence-corrected chi connectivity index (χ4v) is 3.52. The molecule has 1 fully saturated rings. The molecular weight excluding hydrogens is 359 g/mol. The largest absolute Gasteiger partial charge is 0.335 e. The molecule has 7 nitrogen and oxygen atoms in total. The summed E-state index contributed by atoms with van der Waals surface area (Å²) in [5.41, 5.74) is 2.00. The van der Waals surface area contributed by atoms with Gasteiger partial charge in [0.1, 0.15) is 12.1 Å². The molecule has 1 saturated carbocycles. The van der Waals surface area contributed by atoms with Crippen LogP contribution in [0.1, 0.15) is 31.7 Å². The number of rotatable bonds is 4. The number of para-hydroxylation sites is 1. The van der Waals surface area contributed by atoms with Crippen molar-refractivity contribution in [2.45, 2.75) is 37.8 Å². The number of benzene rings is 1. The van der Waals surface area contributed by atoms with Crippen molar-refractivity contribution in [2.24, 2.45) is 0 Å². The fraction of sp³-hybridized carbons (Fsp3) is 0.300. The zero-order valence-corrected chi connectivity index (χ0v) is 15.3. The van der Waals surface area contributed by atoms with E-state index in [4.69, 9.17) is 0 Å². The van der Waals surface area contributed by atoms with Crippen LogP contribution in [-0.4, -0.2) is 31.8 Å². The quantitative estimate of drug-likeness (QED) is 0.721. The molecule has 0 bridgehead atoms. The third-order valence-corrected chi connectivity index (χ3v) is 5.01. The smallest absolute Gasteiger partial charge is 0.319 e. The topological polar surface area (TPSA) is 84.7 Å². The van der Waals surface area contributed by atoms with Crippen LogP contribution in [0.5, 0.6) is 0 Å². The molecule has 4 rings (SSSR count). The van der Waals surface area contributed by atoms with Crippen molar-refractivity contribution < 1.29 is 9.18 Å². The lowest BCUT2D eigenvalue weighted by Crippen LogP contribution is -2.40. The van der Waals surface area contributed by atoms with Crippen LogP contribution >= 0.6 is 0 Å². The SMILES string of the molecule is O=C(Nc1ccccc1F)NC1CCC(n2cc(-c3ccncn3)cn2)CC1. The maximum absolute atomic E-state index is 13.6. The highest BCUT2D eigenvalue weighted by molar-refractivity contribution is 5.89. The Bertz CT molecular complexity index is 937. The van der Waals surface area contributed by atoms with E-state index < -0.39 is 5.82 Å². The maximum Gasteiger partial charge on any atom is 0.319 e. The minimum atomic E-state index is -0.445. The molecule has 2 N–H and O–H groups in total. The van der Waals surface area contributed by atoms with Crippen LogP contribution in [0.15, 0.2) is 55.2 Å². The molecule has 28 heavy (non-hydrogen) atoms. The van der Waals surface area contributed by atoms with E-state index >= 15 is 0 Å². The minimum absolute atomic E-state index is 0.0694. The zero-order valence-electron chi connectivity index (χ0n) is 15.3. The molecule has 2 aromatic heterocycles. The molecule has 1 aliphatic rings. The van der Waals surface area contributed by atoms with E-state index in [0.717, 1.165) is 36.9 Å². The molecule has 0 aliphatic heterocycles. The summed E-state index contributed by atoms with van der Waals surface area (Å²) in [6, 6.07) is 7.98. The predicted octanol–water partition coefficient (Wildman–Crippen LogP) is 3.78. The summed E-state index contributed by atoms with van der Waals surface area (Å²) in [7, 11) is 0. The molecule has 1 aliphatic carbocycles. The summed E-state index contributed by atoms with van der Waals surface area (Å²) >= 11 is 0. The molecule has 3 aromatic rings. The number of aromatic nitrogens is 4. The lowest BCUT2D eigenvalue weighted by Gasteiger charge is -2.29.